The first kappa shape index (κ1) is 19.1. The Hall–Kier alpha value is -2.63. The Morgan fingerprint density at radius 3 is 2.67 bits per heavy atom. The number of carbonyl (C=O) groups excluding carboxylic acids is 2. The fraction of sp³-hybridized carbons (Fsp3) is 0.476. The summed E-state index contributed by atoms with van der Waals surface area (Å²) >= 11 is 0. The number of aromatic nitrogens is 2. The fourth-order valence-electron chi connectivity index (χ4n) is 3.65. The molecule has 0 radical (unpaired) electrons. The van der Waals surface area contributed by atoms with E-state index in [1.165, 1.54) is 12.8 Å². The molecule has 1 aromatic heterocycles. The van der Waals surface area contributed by atoms with Crippen LogP contribution in [0.15, 0.2) is 36.4 Å². The number of nitrogens with one attached hydrogen (secondary N) is 3. The third-order valence-electron chi connectivity index (χ3n) is 5.09. The minimum atomic E-state index is -0.527. The number of H-pyrrole nitrogens is 1. The highest BCUT2D eigenvalue weighted by atomic mass is 16.2. The van der Waals surface area contributed by atoms with Gasteiger partial charge in [0.05, 0.1) is 5.69 Å². The number of anilines is 1. The highest BCUT2D eigenvalue weighted by Crippen LogP contribution is 2.27. The summed E-state index contributed by atoms with van der Waals surface area (Å²) in [5.41, 5.74) is 1.84. The fourth-order valence-corrected chi connectivity index (χ4v) is 3.65. The minimum absolute atomic E-state index is 0.0255. The molecule has 2 aromatic rings. The molecule has 6 nitrogen and oxygen atoms in total. The largest absolute Gasteiger partial charge is 0.344 e. The van der Waals surface area contributed by atoms with Crippen LogP contribution in [0.4, 0.5) is 5.82 Å². The number of amides is 2. The van der Waals surface area contributed by atoms with Gasteiger partial charge in [-0.3, -0.25) is 14.7 Å². The van der Waals surface area contributed by atoms with Gasteiger partial charge in [0.25, 0.3) is 0 Å². The zero-order valence-corrected chi connectivity index (χ0v) is 15.8. The van der Waals surface area contributed by atoms with Gasteiger partial charge < -0.3 is 10.6 Å². The molecular weight excluding hydrogens is 340 g/mol. The van der Waals surface area contributed by atoms with Gasteiger partial charge in [-0.25, -0.2) is 0 Å². The van der Waals surface area contributed by atoms with Crippen LogP contribution in [-0.2, 0) is 9.59 Å². The van der Waals surface area contributed by atoms with Crippen LogP contribution < -0.4 is 10.6 Å². The molecule has 1 aliphatic carbocycles. The lowest BCUT2D eigenvalue weighted by atomic mass is 10.0. The molecule has 6 heteroatoms. The van der Waals surface area contributed by atoms with Crippen LogP contribution in [0, 0.1) is 5.92 Å². The third-order valence-corrected chi connectivity index (χ3v) is 5.09. The first-order valence-electron chi connectivity index (χ1n) is 9.86. The molecule has 1 heterocycles. The Labute approximate surface area is 160 Å². The van der Waals surface area contributed by atoms with Crippen molar-refractivity contribution in [3.8, 4) is 11.3 Å². The van der Waals surface area contributed by atoms with Crippen molar-refractivity contribution in [1.82, 2.24) is 15.5 Å². The molecule has 3 N–H and O–H groups in total. The maximum absolute atomic E-state index is 12.6. The molecule has 0 spiro atoms. The van der Waals surface area contributed by atoms with Gasteiger partial charge in [0, 0.05) is 12.5 Å². The van der Waals surface area contributed by atoms with E-state index in [4.69, 9.17) is 0 Å². The molecule has 2 amide bonds. The monoisotopic (exact) mass is 368 g/mol. The van der Waals surface area contributed by atoms with Gasteiger partial charge in [-0.15, -0.1) is 0 Å². The molecule has 1 fully saturated rings. The third kappa shape index (κ3) is 5.42. The van der Waals surface area contributed by atoms with E-state index in [9.17, 15) is 9.59 Å². The quantitative estimate of drug-likeness (QED) is 0.661. The molecule has 27 heavy (non-hydrogen) atoms. The van der Waals surface area contributed by atoms with Crippen molar-refractivity contribution in [3.05, 3.63) is 36.4 Å². The Bertz CT molecular complexity index is 751. The molecule has 1 saturated carbocycles. The second kappa shape index (κ2) is 9.35. The molecular formula is C21H28N4O2. The number of aromatic amines is 1. The normalized spacial score (nSPS) is 15.4. The lowest BCUT2D eigenvalue weighted by Gasteiger charge is -2.18. The topological polar surface area (TPSA) is 86.9 Å². The van der Waals surface area contributed by atoms with Crippen molar-refractivity contribution in [2.24, 2.45) is 5.92 Å². The molecule has 1 unspecified atom stereocenters. The summed E-state index contributed by atoms with van der Waals surface area (Å²) in [7, 11) is 0. The van der Waals surface area contributed by atoms with Crippen molar-refractivity contribution in [2.75, 3.05) is 5.32 Å². The Morgan fingerprint density at radius 2 is 1.96 bits per heavy atom. The maximum Gasteiger partial charge on any atom is 0.248 e. The van der Waals surface area contributed by atoms with Crippen LogP contribution in [0.3, 0.4) is 0 Å². The van der Waals surface area contributed by atoms with E-state index in [2.05, 4.69) is 20.8 Å². The minimum Gasteiger partial charge on any atom is -0.344 e. The van der Waals surface area contributed by atoms with Crippen molar-refractivity contribution in [2.45, 2.75) is 57.9 Å². The molecule has 0 saturated heterocycles. The van der Waals surface area contributed by atoms with Crippen molar-refractivity contribution < 1.29 is 9.59 Å². The van der Waals surface area contributed by atoms with Gasteiger partial charge in [-0.1, -0.05) is 56.5 Å². The first-order valence-corrected chi connectivity index (χ1v) is 9.86. The van der Waals surface area contributed by atoms with E-state index in [0.717, 1.165) is 30.5 Å². The van der Waals surface area contributed by atoms with Crippen molar-refractivity contribution >= 4 is 17.6 Å². The lowest BCUT2D eigenvalue weighted by molar-refractivity contribution is -0.127. The molecule has 1 atom stereocenters. The molecule has 1 aromatic carbocycles. The smallest absolute Gasteiger partial charge is 0.248 e. The highest BCUT2D eigenvalue weighted by molar-refractivity contribution is 5.96. The number of hydrogen-bond acceptors (Lipinski definition) is 3. The van der Waals surface area contributed by atoms with E-state index in [-0.39, 0.29) is 11.8 Å². The summed E-state index contributed by atoms with van der Waals surface area (Å²) in [6.45, 7) is 2.01. The van der Waals surface area contributed by atoms with Crippen LogP contribution in [0.25, 0.3) is 11.3 Å². The van der Waals surface area contributed by atoms with Crippen LogP contribution in [0.2, 0.25) is 0 Å². The number of hydrogen-bond donors (Lipinski definition) is 3. The Kier molecular flexibility index (Phi) is 6.63. The molecule has 1 aliphatic rings. The Balaban J connectivity index is 1.58. The van der Waals surface area contributed by atoms with Crippen molar-refractivity contribution in [1.29, 1.82) is 0 Å². The summed E-state index contributed by atoms with van der Waals surface area (Å²) in [5.74, 6) is 0.686. The molecule has 3 rings (SSSR count). The predicted molar refractivity (Wildman–Crippen MR) is 106 cm³/mol. The average Bonchev–Trinajstić information content (AvgIpc) is 3.34. The van der Waals surface area contributed by atoms with Crippen LogP contribution >= 0.6 is 0 Å². The van der Waals surface area contributed by atoms with Gasteiger partial charge in [0.2, 0.25) is 11.8 Å². The van der Waals surface area contributed by atoms with Gasteiger partial charge in [-0.05, 0) is 30.7 Å². The SMILES string of the molecule is CCCC(NC(=O)CC1CCCC1)C(=O)Nc1cc(-c2ccccc2)[nH]n1. The van der Waals surface area contributed by atoms with Gasteiger partial charge in [0.1, 0.15) is 6.04 Å². The summed E-state index contributed by atoms with van der Waals surface area (Å²) < 4.78 is 0. The van der Waals surface area contributed by atoms with Crippen LogP contribution in [-0.4, -0.2) is 28.1 Å². The van der Waals surface area contributed by atoms with Crippen molar-refractivity contribution in [3.63, 3.8) is 0 Å². The average molecular weight is 368 g/mol. The molecule has 0 bridgehead atoms. The van der Waals surface area contributed by atoms with Gasteiger partial charge in [0.15, 0.2) is 5.82 Å². The zero-order chi connectivity index (χ0) is 19.1. The number of rotatable bonds is 8. The summed E-state index contributed by atoms with van der Waals surface area (Å²) in [6, 6.07) is 11.1. The predicted octanol–water partition coefficient (Wildman–Crippen LogP) is 3.88. The number of nitrogens with zero attached hydrogens (tertiary/aromatic N) is 1. The maximum atomic E-state index is 12.6. The second-order valence-electron chi connectivity index (χ2n) is 7.29. The lowest BCUT2D eigenvalue weighted by Crippen LogP contribution is -2.44. The first-order chi connectivity index (χ1) is 13.2. The number of carbonyl (C=O) groups is 2. The Morgan fingerprint density at radius 1 is 1.22 bits per heavy atom. The standard InChI is InChI=1S/C21H28N4O2/c1-2-8-17(22-20(26)13-15-9-6-7-10-15)21(27)23-19-14-18(24-25-19)16-11-4-3-5-12-16/h3-5,11-12,14-15,17H,2,6-10,13H2,1H3,(H,22,26)(H2,23,24,25,27). The van der Waals surface area contributed by atoms with E-state index in [1.807, 2.05) is 37.3 Å². The van der Waals surface area contributed by atoms with Crippen LogP contribution in [0.1, 0.15) is 51.9 Å². The van der Waals surface area contributed by atoms with E-state index in [0.29, 0.717) is 24.6 Å². The molecule has 0 aliphatic heterocycles. The van der Waals surface area contributed by atoms with E-state index in [1.54, 1.807) is 6.07 Å². The zero-order valence-electron chi connectivity index (χ0n) is 15.8. The van der Waals surface area contributed by atoms with Crippen LogP contribution in [0.5, 0.6) is 0 Å². The van der Waals surface area contributed by atoms with E-state index < -0.39 is 6.04 Å². The van der Waals surface area contributed by atoms with E-state index >= 15 is 0 Å². The highest BCUT2D eigenvalue weighted by Gasteiger charge is 2.24. The van der Waals surface area contributed by atoms with Gasteiger partial charge >= 0.3 is 0 Å². The summed E-state index contributed by atoms with van der Waals surface area (Å²) in [4.78, 5) is 25.0. The summed E-state index contributed by atoms with van der Waals surface area (Å²) in [5, 5.41) is 12.8. The summed E-state index contributed by atoms with van der Waals surface area (Å²) in [6.07, 6.45) is 6.60. The number of benzene rings is 1. The van der Waals surface area contributed by atoms with Gasteiger partial charge in [-0.2, -0.15) is 5.10 Å². The molecule has 144 valence electrons. The second-order valence-corrected chi connectivity index (χ2v) is 7.29.